The molecule has 5 nitrogen and oxygen atoms in total. The summed E-state index contributed by atoms with van der Waals surface area (Å²) in [6.45, 7) is -0.625. The third kappa shape index (κ3) is 3.72. The number of nitrogens with zero attached hydrogens (tertiary/aromatic N) is 2. The van der Waals surface area contributed by atoms with Gasteiger partial charge in [-0.3, -0.25) is 0 Å². The van der Waals surface area contributed by atoms with E-state index >= 15 is 0 Å². The molecule has 2 aromatic rings. The number of nitrogens with one attached hydrogen (secondary N) is 1. The van der Waals surface area contributed by atoms with E-state index in [9.17, 15) is 8.78 Å². The Balaban J connectivity index is 2.03. The molecule has 1 aromatic carbocycles. The van der Waals surface area contributed by atoms with Crippen LogP contribution >= 0.6 is 0 Å². The molecule has 0 saturated heterocycles. The summed E-state index contributed by atoms with van der Waals surface area (Å²) < 4.78 is 33.7. The van der Waals surface area contributed by atoms with E-state index < -0.39 is 6.61 Å². The monoisotopic (exact) mass is 269 g/mol. The summed E-state index contributed by atoms with van der Waals surface area (Å²) in [4.78, 5) is 3.86. The van der Waals surface area contributed by atoms with E-state index in [-0.39, 0.29) is 11.8 Å². The van der Waals surface area contributed by atoms with Crippen LogP contribution in [-0.4, -0.2) is 16.8 Å². The average Bonchev–Trinajstić information content (AvgIpc) is 2.89. The molecule has 0 aliphatic rings. The number of alkyl halides is 2. The van der Waals surface area contributed by atoms with Crippen molar-refractivity contribution in [3.05, 3.63) is 42.0 Å². The molecule has 0 bridgehead atoms. The molecule has 0 radical (unpaired) electrons. The van der Waals surface area contributed by atoms with Crippen LogP contribution in [0.5, 0.6) is 5.75 Å². The molecule has 1 heterocycles. The molecule has 0 saturated carbocycles. The Hall–Kier alpha value is -2.02. The van der Waals surface area contributed by atoms with Crippen molar-refractivity contribution in [2.45, 2.75) is 26.1 Å². The summed E-state index contributed by atoms with van der Waals surface area (Å²) in [5.41, 5.74) is 0.645. The van der Waals surface area contributed by atoms with Crippen LogP contribution in [0, 0.1) is 0 Å². The minimum atomic E-state index is -2.84. The van der Waals surface area contributed by atoms with Crippen LogP contribution in [0.15, 0.2) is 35.2 Å². The van der Waals surface area contributed by atoms with Gasteiger partial charge >= 0.3 is 6.61 Å². The molecule has 7 heteroatoms. The third-order valence-electron chi connectivity index (χ3n) is 2.57. The number of hydrogen-bond donors (Lipinski definition) is 1. The van der Waals surface area contributed by atoms with E-state index in [2.05, 4.69) is 24.7 Å². The second-order valence-electron chi connectivity index (χ2n) is 3.87. The summed E-state index contributed by atoms with van der Waals surface area (Å²) in [5.74, 6) is 0.657. The number of rotatable bonds is 6. The van der Waals surface area contributed by atoms with E-state index in [0.717, 1.165) is 0 Å². The van der Waals surface area contributed by atoms with E-state index in [1.807, 2.05) is 6.92 Å². The van der Waals surface area contributed by atoms with Gasteiger partial charge in [-0.2, -0.15) is 13.8 Å². The number of ether oxygens (including phenoxy) is 1. The van der Waals surface area contributed by atoms with Gasteiger partial charge in [0.05, 0.1) is 6.54 Å². The normalized spacial score (nSPS) is 12.6. The lowest BCUT2D eigenvalue weighted by atomic mass is 10.1. The van der Waals surface area contributed by atoms with Crippen molar-refractivity contribution in [1.29, 1.82) is 0 Å². The molecule has 19 heavy (non-hydrogen) atoms. The van der Waals surface area contributed by atoms with Crippen LogP contribution in [0.3, 0.4) is 0 Å². The van der Waals surface area contributed by atoms with Crippen molar-refractivity contribution in [2.75, 3.05) is 0 Å². The maximum Gasteiger partial charge on any atom is 0.387 e. The second-order valence-corrected chi connectivity index (χ2v) is 3.87. The van der Waals surface area contributed by atoms with Crippen LogP contribution in [0.4, 0.5) is 8.78 Å². The van der Waals surface area contributed by atoms with Crippen molar-refractivity contribution in [3.8, 4) is 5.75 Å². The number of aromatic nitrogens is 2. The quantitative estimate of drug-likeness (QED) is 0.873. The van der Waals surface area contributed by atoms with Gasteiger partial charge < -0.3 is 14.6 Å². The zero-order valence-electron chi connectivity index (χ0n) is 10.2. The molecule has 2 rings (SSSR count). The molecule has 1 aromatic heterocycles. The fourth-order valence-corrected chi connectivity index (χ4v) is 1.67. The Bertz CT molecular complexity index is 505. The van der Waals surface area contributed by atoms with Gasteiger partial charge in [0.1, 0.15) is 5.75 Å². The zero-order chi connectivity index (χ0) is 13.7. The van der Waals surface area contributed by atoms with Crippen LogP contribution in [0.2, 0.25) is 0 Å². The highest BCUT2D eigenvalue weighted by atomic mass is 19.3. The van der Waals surface area contributed by atoms with Crippen LogP contribution in [-0.2, 0) is 6.54 Å². The van der Waals surface area contributed by atoms with Gasteiger partial charge in [0.2, 0.25) is 6.39 Å². The molecule has 1 atom stereocenters. The molecular weight excluding hydrogens is 256 g/mol. The van der Waals surface area contributed by atoms with Gasteiger partial charge in [0.25, 0.3) is 0 Å². The third-order valence-corrected chi connectivity index (χ3v) is 2.57. The van der Waals surface area contributed by atoms with Crippen LogP contribution in [0.1, 0.15) is 24.4 Å². The van der Waals surface area contributed by atoms with Crippen molar-refractivity contribution < 1.29 is 18.0 Å². The van der Waals surface area contributed by atoms with Crippen molar-refractivity contribution in [2.24, 2.45) is 0 Å². The molecule has 1 unspecified atom stereocenters. The first-order chi connectivity index (χ1) is 9.16. The minimum Gasteiger partial charge on any atom is -0.434 e. The minimum absolute atomic E-state index is 0.158. The largest absolute Gasteiger partial charge is 0.434 e. The van der Waals surface area contributed by atoms with Gasteiger partial charge in [-0.05, 0) is 13.0 Å². The Morgan fingerprint density at radius 1 is 1.37 bits per heavy atom. The number of para-hydroxylation sites is 1. The lowest BCUT2D eigenvalue weighted by Crippen LogP contribution is -2.20. The summed E-state index contributed by atoms with van der Waals surface area (Å²) in [6.07, 6.45) is 1.23. The fourth-order valence-electron chi connectivity index (χ4n) is 1.67. The molecule has 1 N–H and O–H groups in total. The predicted molar refractivity (Wildman–Crippen MR) is 62.6 cm³/mol. The summed E-state index contributed by atoms with van der Waals surface area (Å²) in [6, 6.07) is 6.46. The zero-order valence-corrected chi connectivity index (χ0v) is 10.2. The van der Waals surface area contributed by atoms with Crippen molar-refractivity contribution >= 4 is 0 Å². The maximum absolute atomic E-state index is 12.3. The summed E-state index contributed by atoms with van der Waals surface area (Å²) in [7, 11) is 0. The molecule has 102 valence electrons. The van der Waals surface area contributed by atoms with E-state index in [0.29, 0.717) is 17.9 Å². The highest BCUT2D eigenvalue weighted by Crippen LogP contribution is 2.26. The van der Waals surface area contributed by atoms with Crippen molar-refractivity contribution in [1.82, 2.24) is 15.5 Å². The van der Waals surface area contributed by atoms with E-state index in [1.54, 1.807) is 18.2 Å². The average molecular weight is 269 g/mol. The van der Waals surface area contributed by atoms with Crippen molar-refractivity contribution in [3.63, 3.8) is 0 Å². The highest BCUT2D eigenvalue weighted by molar-refractivity contribution is 5.35. The molecule has 0 amide bonds. The Kier molecular flexibility index (Phi) is 4.40. The highest BCUT2D eigenvalue weighted by Gasteiger charge is 2.14. The Morgan fingerprint density at radius 2 is 2.16 bits per heavy atom. The van der Waals surface area contributed by atoms with Gasteiger partial charge in [0.15, 0.2) is 5.82 Å². The lowest BCUT2D eigenvalue weighted by molar-refractivity contribution is -0.0506. The summed E-state index contributed by atoms with van der Waals surface area (Å²) >= 11 is 0. The first-order valence-corrected chi connectivity index (χ1v) is 5.69. The fraction of sp³-hybridized carbons (Fsp3) is 0.333. The van der Waals surface area contributed by atoms with Gasteiger partial charge in [-0.25, -0.2) is 0 Å². The number of hydrogen-bond acceptors (Lipinski definition) is 5. The first kappa shape index (κ1) is 13.4. The topological polar surface area (TPSA) is 60.2 Å². The van der Waals surface area contributed by atoms with Gasteiger partial charge in [0, 0.05) is 11.6 Å². The van der Waals surface area contributed by atoms with Crippen LogP contribution < -0.4 is 10.1 Å². The van der Waals surface area contributed by atoms with Gasteiger partial charge in [-0.1, -0.05) is 23.4 Å². The van der Waals surface area contributed by atoms with E-state index in [1.165, 1.54) is 12.5 Å². The molecule has 0 aliphatic carbocycles. The Labute approximate surface area is 108 Å². The van der Waals surface area contributed by atoms with Crippen LogP contribution in [0.25, 0.3) is 0 Å². The smallest absolute Gasteiger partial charge is 0.387 e. The molecule has 0 aliphatic heterocycles. The number of halogens is 2. The second kappa shape index (κ2) is 6.24. The predicted octanol–water partition coefficient (Wildman–Crippen LogP) is 2.52. The SMILES string of the molecule is CC(NCc1ncon1)c1ccccc1OC(F)F. The standard InChI is InChI=1S/C12H13F2N3O2/c1-8(15-6-11-16-7-18-17-11)9-4-2-3-5-10(9)19-12(13)14/h2-5,7-8,12,15H,6H2,1H3. The molecule has 0 spiro atoms. The lowest BCUT2D eigenvalue weighted by Gasteiger charge is -2.17. The first-order valence-electron chi connectivity index (χ1n) is 5.69. The van der Waals surface area contributed by atoms with Gasteiger partial charge in [-0.15, -0.1) is 0 Å². The number of benzene rings is 1. The van der Waals surface area contributed by atoms with E-state index in [4.69, 9.17) is 0 Å². The Morgan fingerprint density at radius 3 is 2.84 bits per heavy atom. The molecular formula is C12H13F2N3O2. The maximum atomic E-state index is 12.3. The molecule has 0 fully saturated rings. The summed E-state index contributed by atoms with van der Waals surface area (Å²) in [5, 5.41) is 6.76.